The summed E-state index contributed by atoms with van der Waals surface area (Å²) < 4.78 is 0. The van der Waals surface area contributed by atoms with Gasteiger partial charge in [0, 0.05) is 6.04 Å². The molecule has 88 valence electrons. The Balaban J connectivity index is 2.71. The van der Waals surface area contributed by atoms with Crippen LogP contribution in [-0.4, -0.2) is 29.6 Å². The average molecular weight is 221 g/mol. The Morgan fingerprint density at radius 3 is 2.38 bits per heavy atom. The molecule has 0 aliphatic carbocycles. The second-order valence-corrected chi connectivity index (χ2v) is 4.08. The zero-order valence-corrected chi connectivity index (χ0v) is 10.1. The monoisotopic (exact) mass is 221 g/mol. The highest BCUT2D eigenvalue weighted by molar-refractivity contribution is 5.69. The molecule has 1 rings (SSSR count). The number of aryl methyl sites for hydroxylation is 1. The lowest BCUT2D eigenvalue weighted by Crippen LogP contribution is -2.28. The molecule has 0 aliphatic rings. The van der Waals surface area contributed by atoms with Crippen LogP contribution in [0.3, 0.4) is 0 Å². The Morgan fingerprint density at radius 2 is 1.94 bits per heavy atom. The minimum atomic E-state index is -0.792. The van der Waals surface area contributed by atoms with E-state index in [1.54, 1.807) is 0 Å². The van der Waals surface area contributed by atoms with Crippen molar-refractivity contribution < 1.29 is 9.90 Å². The zero-order chi connectivity index (χ0) is 12.1. The Hall–Kier alpha value is -1.35. The average Bonchev–Trinajstić information content (AvgIpc) is 2.27. The van der Waals surface area contributed by atoms with Crippen molar-refractivity contribution in [2.75, 3.05) is 13.6 Å². The fourth-order valence-corrected chi connectivity index (χ4v) is 1.64. The van der Waals surface area contributed by atoms with Gasteiger partial charge in [-0.1, -0.05) is 31.2 Å². The lowest BCUT2D eigenvalue weighted by molar-refractivity contribution is -0.138. The molecule has 0 bridgehead atoms. The van der Waals surface area contributed by atoms with Gasteiger partial charge in [0.25, 0.3) is 0 Å². The summed E-state index contributed by atoms with van der Waals surface area (Å²) in [5, 5.41) is 8.72. The van der Waals surface area contributed by atoms with E-state index < -0.39 is 5.97 Å². The molecular weight excluding hydrogens is 202 g/mol. The van der Waals surface area contributed by atoms with Gasteiger partial charge in [-0.3, -0.25) is 9.69 Å². The van der Waals surface area contributed by atoms with Crippen LogP contribution in [0.5, 0.6) is 0 Å². The molecule has 1 aromatic rings. The van der Waals surface area contributed by atoms with Crippen LogP contribution in [-0.2, 0) is 11.2 Å². The third kappa shape index (κ3) is 3.35. The Labute approximate surface area is 96.7 Å². The summed E-state index contributed by atoms with van der Waals surface area (Å²) in [4.78, 5) is 12.4. The fourth-order valence-electron chi connectivity index (χ4n) is 1.64. The van der Waals surface area contributed by atoms with E-state index in [0.717, 1.165) is 12.0 Å². The lowest BCUT2D eigenvalue weighted by atomic mass is 10.0. The first-order chi connectivity index (χ1) is 7.54. The maximum absolute atomic E-state index is 10.6. The number of hydrogen-bond donors (Lipinski definition) is 1. The van der Waals surface area contributed by atoms with E-state index in [4.69, 9.17) is 5.11 Å². The number of aliphatic carboxylic acids is 1. The number of carboxylic acids is 1. The molecule has 1 atom stereocenters. The predicted octanol–water partition coefficient (Wildman–Crippen LogP) is 2.33. The number of carbonyl (C=O) groups is 1. The summed E-state index contributed by atoms with van der Waals surface area (Å²) in [5.41, 5.74) is 2.46. The molecule has 0 heterocycles. The van der Waals surface area contributed by atoms with Gasteiger partial charge in [-0.15, -0.1) is 0 Å². The minimum absolute atomic E-state index is 0.0662. The Kier molecular flexibility index (Phi) is 4.50. The van der Waals surface area contributed by atoms with Crippen LogP contribution < -0.4 is 0 Å². The van der Waals surface area contributed by atoms with Crippen molar-refractivity contribution in [3.8, 4) is 0 Å². The van der Waals surface area contributed by atoms with Crippen molar-refractivity contribution in [3.63, 3.8) is 0 Å². The molecule has 3 nitrogen and oxygen atoms in total. The summed E-state index contributed by atoms with van der Waals surface area (Å²) in [5.74, 6) is -0.792. The van der Waals surface area contributed by atoms with Gasteiger partial charge < -0.3 is 5.11 Å². The molecule has 0 saturated carbocycles. The fraction of sp³-hybridized carbons (Fsp3) is 0.462. The second-order valence-electron chi connectivity index (χ2n) is 4.08. The molecule has 0 fully saturated rings. The smallest absolute Gasteiger partial charge is 0.317 e. The predicted molar refractivity (Wildman–Crippen MR) is 64.5 cm³/mol. The number of carboxylic acid groups (broad SMARTS) is 1. The van der Waals surface area contributed by atoms with Crippen LogP contribution in [0.1, 0.15) is 31.0 Å². The molecule has 0 aliphatic heterocycles. The van der Waals surface area contributed by atoms with Crippen LogP contribution in [0.25, 0.3) is 0 Å². The zero-order valence-electron chi connectivity index (χ0n) is 10.1. The number of likely N-dealkylation sites (N-methyl/N-ethyl adjacent to an activating group) is 1. The maximum atomic E-state index is 10.6. The van der Waals surface area contributed by atoms with E-state index in [2.05, 4.69) is 31.2 Å². The number of benzene rings is 1. The largest absolute Gasteiger partial charge is 0.480 e. The molecule has 0 radical (unpaired) electrons. The van der Waals surface area contributed by atoms with E-state index >= 15 is 0 Å². The molecule has 1 N–H and O–H groups in total. The highest BCUT2D eigenvalue weighted by Gasteiger charge is 2.13. The van der Waals surface area contributed by atoms with Crippen molar-refractivity contribution in [1.29, 1.82) is 0 Å². The summed E-state index contributed by atoms with van der Waals surface area (Å²) in [6.07, 6.45) is 1.03. The topological polar surface area (TPSA) is 40.5 Å². The second kappa shape index (κ2) is 5.66. The minimum Gasteiger partial charge on any atom is -0.480 e. The normalized spacial score (nSPS) is 12.8. The lowest BCUT2D eigenvalue weighted by Gasteiger charge is -2.23. The Morgan fingerprint density at radius 1 is 1.38 bits per heavy atom. The van der Waals surface area contributed by atoms with Gasteiger partial charge in [0.05, 0.1) is 6.54 Å². The molecule has 0 spiro atoms. The van der Waals surface area contributed by atoms with E-state index in [1.807, 2.05) is 18.9 Å². The van der Waals surface area contributed by atoms with E-state index in [1.165, 1.54) is 5.56 Å². The number of hydrogen-bond acceptors (Lipinski definition) is 2. The highest BCUT2D eigenvalue weighted by atomic mass is 16.4. The molecule has 0 saturated heterocycles. The molecular formula is C13H19NO2. The SMILES string of the molecule is CCc1ccc(C(C)N(C)CC(=O)O)cc1. The van der Waals surface area contributed by atoms with E-state index in [9.17, 15) is 4.79 Å². The standard InChI is InChI=1S/C13H19NO2/c1-4-11-5-7-12(8-6-11)10(2)14(3)9-13(15)16/h5-8,10H,4,9H2,1-3H3,(H,15,16). The molecule has 3 heteroatoms. The van der Waals surface area contributed by atoms with E-state index in [-0.39, 0.29) is 12.6 Å². The van der Waals surface area contributed by atoms with Crippen molar-refractivity contribution in [2.24, 2.45) is 0 Å². The summed E-state index contributed by atoms with van der Waals surface area (Å²) in [6.45, 7) is 4.20. The number of nitrogens with zero attached hydrogens (tertiary/aromatic N) is 1. The van der Waals surface area contributed by atoms with Gasteiger partial charge in [0.2, 0.25) is 0 Å². The molecule has 0 amide bonds. The quantitative estimate of drug-likeness (QED) is 0.829. The molecule has 0 aromatic heterocycles. The van der Waals surface area contributed by atoms with Gasteiger partial charge in [-0.05, 0) is 31.5 Å². The van der Waals surface area contributed by atoms with Gasteiger partial charge in [-0.2, -0.15) is 0 Å². The van der Waals surface area contributed by atoms with Crippen LogP contribution in [0, 0.1) is 0 Å². The van der Waals surface area contributed by atoms with Crippen LogP contribution in [0.2, 0.25) is 0 Å². The van der Waals surface area contributed by atoms with Gasteiger partial charge in [0.15, 0.2) is 0 Å². The first-order valence-corrected chi connectivity index (χ1v) is 5.55. The van der Waals surface area contributed by atoms with Crippen LogP contribution >= 0.6 is 0 Å². The first kappa shape index (κ1) is 12.7. The highest BCUT2D eigenvalue weighted by Crippen LogP contribution is 2.18. The third-order valence-corrected chi connectivity index (χ3v) is 2.92. The van der Waals surface area contributed by atoms with Crippen molar-refractivity contribution >= 4 is 5.97 Å². The first-order valence-electron chi connectivity index (χ1n) is 5.55. The van der Waals surface area contributed by atoms with Crippen LogP contribution in [0.4, 0.5) is 0 Å². The van der Waals surface area contributed by atoms with Crippen molar-refractivity contribution in [3.05, 3.63) is 35.4 Å². The molecule has 1 aromatic carbocycles. The van der Waals surface area contributed by atoms with Gasteiger partial charge in [-0.25, -0.2) is 0 Å². The Bertz CT molecular complexity index is 345. The van der Waals surface area contributed by atoms with Gasteiger partial charge in [0.1, 0.15) is 0 Å². The van der Waals surface area contributed by atoms with E-state index in [0.29, 0.717) is 0 Å². The van der Waals surface area contributed by atoms with Crippen LogP contribution in [0.15, 0.2) is 24.3 Å². The molecule has 1 unspecified atom stereocenters. The van der Waals surface area contributed by atoms with Crippen molar-refractivity contribution in [1.82, 2.24) is 4.90 Å². The van der Waals surface area contributed by atoms with Gasteiger partial charge >= 0.3 is 5.97 Å². The third-order valence-electron chi connectivity index (χ3n) is 2.92. The summed E-state index contributed by atoms with van der Waals surface area (Å²) in [6, 6.07) is 8.46. The number of rotatable bonds is 5. The summed E-state index contributed by atoms with van der Waals surface area (Å²) >= 11 is 0. The van der Waals surface area contributed by atoms with Crippen molar-refractivity contribution in [2.45, 2.75) is 26.3 Å². The molecule has 16 heavy (non-hydrogen) atoms. The maximum Gasteiger partial charge on any atom is 0.317 e. The summed E-state index contributed by atoms with van der Waals surface area (Å²) in [7, 11) is 1.83.